The van der Waals surface area contributed by atoms with Gasteiger partial charge in [0.1, 0.15) is 17.3 Å². The van der Waals surface area contributed by atoms with E-state index in [4.69, 9.17) is 18.9 Å². The number of furan rings is 1. The molecule has 0 unspecified atom stereocenters. The number of fused-ring (bicyclic) bond motifs is 1. The van der Waals surface area contributed by atoms with Gasteiger partial charge in [-0.1, -0.05) is 11.3 Å². The summed E-state index contributed by atoms with van der Waals surface area (Å²) >= 11 is 1.52. The largest absolute Gasteiger partial charge is 0.497 e. The van der Waals surface area contributed by atoms with Crippen molar-refractivity contribution in [3.05, 3.63) is 41.3 Å². The maximum atomic E-state index is 13.4. The molecule has 0 bridgehead atoms. The number of hydrogen-bond acceptors (Lipinski definition) is 7. The van der Waals surface area contributed by atoms with Crippen LogP contribution in [0, 0.1) is 13.8 Å². The van der Waals surface area contributed by atoms with Crippen LogP contribution in [0.15, 0.2) is 28.7 Å². The predicted octanol–water partition coefficient (Wildman–Crippen LogP) is 3.88. The van der Waals surface area contributed by atoms with Crippen LogP contribution in [0.1, 0.15) is 28.3 Å². The third-order valence-corrected chi connectivity index (χ3v) is 6.35. The third kappa shape index (κ3) is 4.50. The first-order valence-corrected chi connectivity index (χ1v) is 11.0. The summed E-state index contributed by atoms with van der Waals surface area (Å²) in [5.74, 6) is 2.06. The van der Waals surface area contributed by atoms with Gasteiger partial charge in [-0.25, -0.2) is 4.98 Å². The molecule has 1 saturated heterocycles. The Morgan fingerprint density at radius 1 is 1.27 bits per heavy atom. The minimum absolute atomic E-state index is 0.0719. The van der Waals surface area contributed by atoms with Crippen molar-refractivity contribution < 1.29 is 18.7 Å². The standard InChI is InChI=1S/C22H27N3O4S/c1-15-13-18(16(2)29-15)21(26)25(8-4-7-24-9-11-28-12-10-24)22-23-19-14-17(27-3)5-6-20(19)30-22/h5-6,13-14H,4,7-12H2,1-3H3. The topological polar surface area (TPSA) is 68.0 Å². The fourth-order valence-electron chi connectivity index (χ4n) is 3.69. The van der Waals surface area contributed by atoms with Gasteiger partial charge >= 0.3 is 0 Å². The minimum atomic E-state index is -0.0719. The van der Waals surface area contributed by atoms with E-state index in [0.29, 0.717) is 23.0 Å². The van der Waals surface area contributed by atoms with Crippen molar-refractivity contribution in [2.75, 3.05) is 51.4 Å². The van der Waals surface area contributed by atoms with Crippen LogP contribution in [0.2, 0.25) is 0 Å². The number of aromatic nitrogens is 1. The number of ether oxygens (including phenoxy) is 2. The molecular formula is C22H27N3O4S. The molecule has 0 saturated carbocycles. The maximum Gasteiger partial charge on any atom is 0.263 e. The van der Waals surface area contributed by atoms with Crippen LogP contribution in [0.5, 0.6) is 5.75 Å². The molecule has 1 amide bonds. The molecule has 0 radical (unpaired) electrons. The Morgan fingerprint density at radius 2 is 2.07 bits per heavy atom. The van der Waals surface area contributed by atoms with E-state index in [1.54, 1.807) is 12.0 Å². The quantitative estimate of drug-likeness (QED) is 0.568. The Morgan fingerprint density at radius 3 is 2.77 bits per heavy atom. The summed E-state index contributed by atoms with van der Waals surface area (Å²) < 4.78 is 17.4. The normalized spacial score (nSPS) is 14.9. The molecule has 1 fully saturated rings. The van der Waals surface area contributed by atoms with Crippen LogP contribution in [0.4, 0.5) is 5.13 Å². The number of morpholine rings is 1. The van der Waals surface area contributed by atoms with Gasteiger partial charge in [-0.2, -0.15) is 0 Å². The first-order valence-electron chi connectivity index (χ1n) is 10.2. The molecule has 7 nitrogen and oxygen atoms in total. The van der Waals surface area contributed by atoms with Crippen molar-refractivity contribution in [1.29, 1.82) is 0 Å². The van der Waals surface area contributed by atoms with Gasteiger partial charge in [-0.15, -0.1) is 0 Å². The van der Waals surface area contributed by atoms with Gasteiger partial charge in [0.2, 0.25) is 0 Å². The van der Waals surface area contributed by atoms with E-state index in [0.717, 1.165) is 61.0 Å². The summed E-state index contributed by atoms with van der Waals surface area (Å²) in [5.41, 5.74) is 1.43. The first kappa shape index (κ1) is 20.8. The summed E-state index contributed by atoms with van der Waals surface area (Å²) in [6.45, 7) is 8.63. The molecule has 8 heteroatoms. The molecule has 3 heterocycles. The van der Waals surface area contributed by atoms with E-state index >= 15 is 0 Å². The Kier molecular flexibility index (Phi) is 6.36. The molecular weight excluding hydrogens is 402 g/mol. The van der Waals surface area contributed by atoms with Crippen LogP contribution < -0.4 is 9.64 Å². The Labute approximate surface area is 180 Å². The van der Waals surface area contributed by atoms with Crippen LogP contribution in [0.3, 0.4) is 0 Å². The monoisotopic (exact) mass is 429 g/mol. The second-order valence-electron chi connectivity index (χ2n) is 7.42. The van der Waals surface area contributed by atoms with Crippen molar-refractivity contribution >= 4 is 32.6 Å². The van der Waals surface area contributed by atoms with Crippen LogP contribution in [-0.4, -0.2) is 62.3 Å². The Bertz CT molecular complexity index is 1020. The van der Waals surface area contributed by atoms with E-state index in [-0.39, 0.29) is 5.91 Å². The molecule has 0 aliphatic carbocycles. The molecule has 30 heavy (non-hydrogen) atoms. The van der Waals surface area contributed by atoms with E-state index < -0.39 is 0 Å². The summed E-state index contributed by atoms with van der Waals surface area (Å²) in [7, 11) is 1.64. The zero-order valence-electron chi connectivity index (χ0n) is 17.6. The molecule has 4 rings (SSSR count). The van der Waals surface area contributed by atoms with Gasteiger partial charge in [-0.3, -0.25) is 14.6 Å². The molecule has 160 valence electrons. The van der Waals surface area contributed by atoms with Crippen LogP contribution in [-0.2, 0) is 4.74 Å². The zero-order chi connectivity index (χ0) is 21.1. The van der Waals surface area contributed by atoms with Gasteiger partial charge < -0.3 is 13.9 Å². The molecule has 1 aromatic carbocycles. The number of rotatable bonds is 7. The number of anilines is 1. The number of aryl methyl sites for hydroxylation is 2. The molecule has 0 spiro atoms. The lowest BCUT2D eigenvalue weighted by Gasteiger charge is -2.27. The van der Waals surface area contributed by atoms with Crippen molar-refractivity contribution in [2.24, 2.45) is 0 Å². The number of benzene rings is 1. The summed E-state index contributed by atoms with van der Waals surface area (Å²) in [6.07, 6.45) is 0.862. The number of carbonyl (C=O) groups is 1. The van der Waals surface area contributed by atoms with Gasteiger partial charge in [0, 0.05) is 32.2 Å². The number of nitrogens with zero attached hydrogens (tertiary/aromatic N) is 3. The number of amides is 1. The summed E-state index contributed by atoms with van der Waals surface area (Å²) in [5, 5.41) is 0.698. The fourth-order valence-corrected chi connectivity index (χ4v) is 4.66. The van der Waals surface area contributed by atoms with E-state index in [9.17, 15) is 4.79 Å². The lowest BCUT2D eigenvalue weighted by molar-refractivity contribution is 0.0376. The smallest absolute Gasteiger partial charge is 0.263 e. The SMILES string of the molecule is COc1ccc2sc(N(CCCN3CCOCC3)C(=O)c3cc(C)oc3C)nc2c1. The van der Waals surface area contributed by atoms with E-state index in [1.807, 2.05) is 38.1 Å². The highest BCUT2D eigenvalue weighted by atomic mass is 32.1. The van der Waals surface area contributed by atoms with Gasteiger partial charge in [0.05, 0.1) is 36.1 Å². The minimum Gasteiger partial charge on any atom is -0.497 e. The Balaban J connectivity index is 1.59. The predicted molar refractivity (Wildman–Crippen MR) is 118 cm³/mol. The van der Waals surface area contributed by atoms with Crippen molar-refractivity contribution in [2.45, 2.75) is 20.3 Å². The van der Waals surface area contributed by atoms with Crippen LogP contribution >= 0.6 is 11.3 Å². The second-order valence-corrected chi connectivity index (χ2v) is 8.43. The van der Waals surface area contributed by atoms with Gasteiger partial charge in [0.15, 0.2) is 5.13 Å². The second kappa shape index (κ2) is 9.16. The molecule has 1 aliphatic heterocycles. The Hall–Kier alpha value is -2.42. The number of carbonyl (C=O) groups excluding carboxylic acids is 1. The van der Waals surface area contributed by atoms with Crippen molar-refractivity contribution in [3.8, 4) is 5.75 Å². The average Bonchev–Trinajstić information content (AvgIpc) is 3.33. The molecule has 2 aromatic heterocycles. The maximum absolute atomic E-state index is 13.4. The molecule has 0 N–H and O–H groups in total. The third-order valence-electron chi connectivity index (χ3n) is 5.29. The van der Waals surface area contributed by atoms with E-state index in [2.05, 4.69) is 4.90 Å². The van der Waals surface area contributed by atoms with Crippen LogP contribution in [0.25, 0.3) is 10.2 Å². The van der Waals surface area contributed by atoms with Crippen molar-refractivity contribution in [1.82, 2.24) is 9.88 Å². The molecule has 3 aromatic rings. The number of hydrogen-bond donors (Lipinski definition) is 0. The first-order chi connectivity index (χ1) is 14.5. The fraction of sp³-hybridized carbons (Fsp3) is 0.455. The van der Waals surface area contributed by atoms with E-state index in [1.165, 1.54) is 11.3 Å². The summed E-state index contributed by atoms with van der Waals surface area (Å²) in [6, 6.07) is 7.61. The van der Waals surface area contributed by atoms with Crippen molar-refractivity contribution in [3.63, 3.8) is 0 Å². The van der Waals surface area contributed by atoms with Gasteiger partial charge in [-0.05, 0) is 38.5 Å². The summed E-state index contributed by atoms with van der Waals surface area (Å²) in [4.78, 5) is 22.3. The average molecular weight is 430 g/mol. The lowest BCUT2D eigenvalue weighted by atomic mass is 10.2. The highest BCUT2D eigenvalue weighted by molar-refractivity contribution is 7.22. The number of methoxy groups -OCH3 is 1. The zero-order valence-corrected chi connectivity index (χ0v) is 18.5. The molecule has 1 aliphatic rings. The molecule has 0 atom stereocenters. The lowest BCUT2D eigenvalue weighted by Crippen LogP contribution is -2.39. The highest BCUT2D eigenvalue weighted by Gasteiger charge is 2.25. The highest BCUT2D eigenvalue weighted by Crippen LogP contribution is 2.32. The number of thiazole rings is 1. The van der Waals surface area contributed by atoms with Gasteiger partial charge in [0.25, 0.3) is 5.91 Å².